The van der Waals surface area contributed by atoms with Crippen molar-refractivity contribution in [1.29, 1.82) is 0 Å². The molecule has 1 amide bonds. The van der Waals surface area contributed by atoms with Crippen LogP contribution in [0.4, 0.5) is 5.69 Å². The smallest absolute Gasteiger partial charge is 0.221 e. The summed E-state index contributed by atoms with van der Waals surface area (Å²) in [6, 6.07) is 4.47. The maximum absolute atomic E-state index is 11.8. The lowest BCUT2D eigenvalue weighted by Gasteiger charge is -2.11. The average Bonchev–Trinajstić information content (AvgIpc) is 2.15. The van der Waals surface area contributed by atoms with E-state index in [0.717, 1.165) is 4.47 Å². The first-order valence-electron chi connectivity index (χ1n) is 4.78. The monoisotopic (exact) mass is 284 g/mol. The van der Waals surface area contributed by atoms with Crippen LogP contribution in [-0.2, 0) is 4.79 Å². The van der Waals surface area contributed by atoms with E-state index in [1.54, 1.807) is 25.1 Å². The van der Waals surface area contributed by atoms with Crippen LogP contribution >= 0.6 is 15.9 Å². The van der Waals surface area contributed by atoms with Crippen LogP contribution in [-0.4, -0.2) is 17.7 Å². The van der Waals surface area contributed by atoms with E-state index in [2.05, 4.69) is 21.2 Å². The SMILES string of the molecule is CC(=O)Nc1cc(Br)ccc1C(=O)C(C)N. The molecule has 1 aromatic rings. The van der Waals surface area contributed by atoms with Crippen molar-refractivity contribution in [2.45, 2.75) is 19.9 Å². The van der Waals surface area contributed by atoms with E-state index in [4.69, 9.17) is 5.73 Å². The fourth-order valence-electron chi connectivity index (χ4n) is 1.27. The number of benzene rings is 1. The molecule has 3 N–H and O–H groups in total. The van der Waals surface area contributed by atoms with E-state index in [0.29, 0.717) is 11.3 Å². The van der Waals surface area contributed by atoms with Gasteiger partial charge in [-0.15, -0.1) is 0 Å². The van der Waals surface area contributed by atoms with Crippen molar-refractivity contribution in [1.82, 2.24) is 0 Å². The molecule has 0 saturated heterocycles. The van der Waals surface area contributed by atoms with Crippen LogP contribution in [0.25, 0.3) is 0 Å². The molecule has 1 aromatic carbocycles. The minimum absolute atomic E-state index is 0.198. The van der Waals surface area contributed by atoms with Gasteiger partial charge in [0.2, 0.25) is 5.91 Å². The third-order valence-corrected chi connectivity index (χ3v) is 2.46. The van der Waals surface area contributed by atoms with Crippen LogP contribution in [0.2, 0.25) is 0 Å². The second-order valence-corrected chi connectivity index (χ2v) is 4.44. The Bertz CT molecular complexity index is 430. The standard InChI is InChI=1S/C11H13BrN2O2/c1-6(13)11(16)9-4-3-8(12)5-10(9)14-7(2)15/h3-6H,13H2,1-2H3,(H,14,15). The number of carbonyl (C=O) groups excluding carboxylic acids is 2. The second kappa shape index (κ2) is 5.23. The molecular formula is C11H13BrN2O2. The Kier molecular flexibility index (Phi) is 4.20. The number of rotatable bonds is 3. The molecule has 86 valence electrons. The summed E-state index contributed by atoms with van der Waals surface area (Å²) in [7, 11) is 0. The summed E-state index contributed by atoms with van der Waals surface area (Å²) in [5.41, 5.74) is 6.43. The molecule has 0 radical (unpaired) electrons. The summed E-state index contributed by atoms with van der Waals surface area (Å²) in [4.78, 5) is 22.8. The van der Waals surface area contributed by atoms with Gasteiger partial charge in [-0.1, -0.05) is 15.9 Å². The highest BCUT2D eigenvalue weighted by molar-refractivity contribution is 9.10. The highest BCUT2D eigenvalue weighted by atomic mass is 79.9. The van der Waals surface area contributed by atoms with Crippen LogP contribution in [0, 0.1) is 0 Å². The number of nitrogens with one attached hydrogen (secondary N) is 1. The maximum Gasteiger partial charge on any atom is 0.221 e. The Labute approximate surface area is 102 Å². The Morgan fingerprint density at radius 1 is 1.44 bits per heavy atom. The van der Waals surface area contributed by atoms with Crippen LogP contribution in [0.3, 0.4) is 0 Å². The first kappa shape index (κ1) is 12.9. The molecule has 0 aliphatic carbocycles. The Morgan fingerprint density at radius 3 is 2.56 bits per heavy atom. The maximum atomic E-state index is 11.8. The van der Waals surface area contributed by atoms with Gasteiger partial charge in [0.1, 0.15) is 0 Å². The van der Waals surface area contributed by atoms with Gasteiger partial charge in [-0.2, -0.15) is 0 Å². The average molecular weight is 285 g/mol. The summed E-state index contributed by atoms with van der Waals surface area (Å²) in [6.45, 7) is 3.00. The van der Waals surface area contributed by atoms with E-state index in [1.165, 1.54) is 6.92 Å². The molecule has 16 heavy (non-hydrogen) atoms. The molecule has 0 aromatic heterocycles. The molecule has 1 atom stereocenters. The van der Waals surface area contributed by atoms with E-state index >= 15 is 0 Å². The first-order valence-corrected chi connectivity index (χ1v) is 5.58. The van der Waals surface area contributed by atoms with Crippen molar-refractivity contribution in [2.75, 3.05) is 5.32 Å². The van der Waals surface area contributed by atoms with Crippen molar-refractivity contribution >= 4 is 33.3 Å². The number of amides is 1. The molecule has 1 rings (SSSR count). The zero-order chi connectivity index (χ0) is 12.3. The molecule has 5 heteroatoms. The van der Waals surface area contributed by atoms with Crippen molar-refractivity contribution in [3.05, 3.63) is 28.2 Å². The summed E-state index contributed by atoms with van der Waals surface area (Å²) >= 11 is 3.28. The highest BCUT2D eigenvalue weighted by Gasteiger charge is 2.15. The van der Waals surface area contributed by atoms with Crippen molar-refractivity contribution in [2.24, 2.45) is 5.73 Å². The van der Waals surface area contributed by atoms with E-state index in [-0.39, 0.29) is 11.7 Å². The third kappa shape index (κ3) is 3.15. The fraction of sp³-hybridized carbons (Fsp3) is 0.273. The van der Waals surface area contributed by atoms with Gasteiger partial charge in [-0.05, 0) is 25.1 Å². The number of halogens is 1. The lowest BCUT2D eigenvalue weighted by Crippen LogP contribution is -2.27. The number of Topliss-reactive ketones (excluding diaryl/α,β-unsaturated/α-hetero) is 1. The van der Waals surface area contributed by atoms with Crippen molar-refractivity contribution in [3.63, 3.8) is 0 Å². The van der Waals surface area contributed by atoms with E-state index in [9.17, 15) is 9.59 Å². The van der Waals surface area contributed by atoms with E-state index < -0.39 is 6.04 Å². The number of nitrogens with two attached hydrogens (primary N) is 1. The number of anilines is 1. The predicted molar refractivity (Wildman–Crippen MR) is 66.4 cm³/mol. The third-order valence-electron chi connectivity index (χ3n) is 1.97. The Hall–Kier alpha value is -1.20. The van der Waals surface area contributed by atoms with Gasteiger partial charge >= 0.3 is 0 Å². The molecule has 0 bridgehead atoms. The van der Waals surface area contributed by atoms with Crippen LogP contribution < -0.4 is 11.1 Å². The van der Waals surface area contributed by atoms with Gasteiger partial charge in [-0.25, -0.2) is 0 Å². The molecule has 0 fully saturated rings. The molecule has 4 nitrogen and oxygen atoms in total. The Morgan fingerprint density at radius 2 is 2.06 bits per heavy atom. The van der Waals surface area contributed by atoms with Crippen molar-refractivity contribution < 1.29 is 9.59 Å². The van der Waals surface area contributed by atoms with Gasteiger partial charge in [0.25, 0.3) is 0 Å². The van der Waals surface area contributed by atoms with Crippen molar-refractivity contribution in [3.8, 4) is 0 Å². The molecule has 1 unspecified atom stereocenters. The largest absolute Gasteiger partial charge is 0.326 e. The number of carbonyl (C=O) groups is 2. The van der Waals surface area contributed by atoms with Gasteiger partial charge in [0.05, 0.1) is 11.7 Å². The quantitative estimate of drug-likeness (QED) is 0.834. The normalized spacial score (nSPS) is 12.0. The molecule has 0 aliphatic rings. The van der Waals surface area contributed by atoms with Crippen LogP contribution in [0.15, 0.2) is 22.7 Å². The molecule has 0 aliphatic heterocycles. The van der Waals surface area contributed by atoms with Crippen LogP contribution in [0.5, 0.6) is 0 Å². The molecule has 0 heterocycles. The zero-order valence-electron chi connectivity index (χ0n) is 9.08. The summed E-state index contributed by atoms with van der Waals surface area (Å²) in [5.74, 6) is -0.423. The lowest BCUT2D eigenvalue weighted by atomic mass is 10.0. The second-order valence-electron chi connectivity index (χ2n) is 3.52. The first-order chi connectivity index (χ1) is 7.41. The van der Waals surface area contributed by atoms with Gasteiger partial charge in [0.15, 0.2) is 5.78 Å². The predicted octanol–water partition coefficient (Wildman–Crippen LogP) is 1.94. The molecule has 0 spiro atoms. The highest BCUT2D eigenvalue weighted by Crippen LogP contribution is 2.22. The van der Waals surface area contributed by atoms with Crippen LogP contribution in [0.1, 0.15) is 24.2 Å². The van der Waals surface area contributed by atoms with E-state index in [1.807, 2.05) is 0 Å². The summed E-state index contributed by atoms with van der Waals surface area (Å²) < 4.78 is 0.789. The Balaban J connectivity index is 3.17. The number of hydrogen-bond donors (Lipinski definition) is 2. The minimum Gasteiger partial charge on any atom is -0.326 e. The molecular weight excluding hydrogens is 272 g/mol. The fourth-order valence-corrected chi connectivity index (χ4v) is 1.63. The van der Waals surface area contributed by atoms with Gasteiger partial charge in [0, 0.05) is 17.0 Å². The topological polar surface area (TPSA) is 72.2 Å². The molecule has 0 saturated carbocycles. The number of hydrogen-bond acceptors (Lipinski definition) is 3. The van der Waals surface area contributed by atoms with Gasteiger partial charge in [-0.3, -0.25) is 9.59 Å². The zero-order valence-corrected chi connectivity index (χ0v) is 10.7. The summed E-state index contributed by atoms with van der Waals surface area (Å²) in [6.07, 6.45) is 0. The minimum atomic E-state index is -0.589. The summed E-state index contributed by atoms with van der Waals surface area (Å²) in [5, 5.41) is 2.60. The van der Waals surface area contributed by atoms with Gasteiger partial charge < -0.3 is 11.1 Å². The number of ketones is 1. The lowest BCUT2D eigenvalue weighted by molar-refractivity contribution is -0.114.